The van der Waals surface area contributed by atoms with Gasteiger partial charge in [-0.1, -0.05) is 15.9 Å². The van der Waals surface area contributed by atoms with Gasteiger partial charge < -0.3 is 10.1 Å². The number of ketones is 1. The third kappa shape index (κ3) is 7.27. The van der Waals surface area contributed by atoms with Crippen molar-refractivity contribution in [1.29, 1.82) is 0 Å². The Balaban J connectivity index is 3.69. The molecule has 0 heterocycles. The minimum atomic E-state index is 0.266. The first-order valence-electron chi connectivity index (χ1n) is 4.98. The Morgan fingerprint density at radius 1 is 1.36 bits per heavy atom. The maximum atomic E-state index is 10.7. The number of nitrogens with one attached hydrogen (secondary N) is 1. The average Bonchev–Trinajstić information content (AvgIpc) is 2.10. The van der Waals surface area contributed by atoms with Gasteiger partial charge in [-0.25, -0.2) is 0 Å². The molecule has 0 fully saturated rings. The number of hydrogen-bond donors (Lipinski definition) is 1. The highest BCUT2D eigenvalue weighted by Gasteiger charge is 2.03. The fraction of sp³-hybridized carbons (Fsp3) is 0.727. The van der Waals surface area contributed by atoms with Gasteiger partial charge in [-0.15, -0.1) is 0 Å². The molecular formula is C11H20BrNO. The summed E-state index contributed by atoms with van der Waals surface area (Å²) >= 11 is 3.44. The highest BCUT2D eigenvalue weighted by molar-refractivity contribution is 9.11. The van der Waals surface area contributed by atoms with E-state index in [4.69, 9.17) is 0 Å². The molecule has 0 aliphatic carbocycles. The van der Waals surface area contributed by atoms with Crippen molar-refractivity contribution in [3.8, 4) is 0 Å². The van der Waals surface area contributed by atoms with E-state index in [1.54, 1.807) is 6.92 Å². The fourth-order valence-corrected chi connectivity index (χ4v) is 1.11. The van der Waals surface area contributed by atoms with Crippen LogP contribution < -0.4 is 5.32 Å². The highest BCUT2D eigenvalue weighted by Crippen LogP contribution is 2.09. The Hall–Kier alpha value is -0.150. The number of rotatable bonds is 6. The van der Waals surface area contributed by atoms with Gasteiger partial charge in [0, 0.05) is 19.0 Å². The third-order valence-electron chi connectivity index (χ3n) is 2.23. The van der Waals surface area contributed by atoms with Crippen LogP contribution in [0.5, 0.6) is 0 Å². The van der Waals surface area contributed by atoms with Crippen molar-refractivity contribution in [3.63, 3.8) is 0 Å². The van der Waals surface area contributed by atoms with E-state index in [1.165, 1.54) is 10.1 Å². The summed E-state index contributed by atoms with van der Waals surface area (Å²) in [5.41, 5.74) is 1.31. The molecule has 0 aromatic carbocycles. The van der Waals surface area contributed by atoms with Crippen molar-refractivity contribution in [2.24, 2.45) is 0 Å². The summed E-state index contributed by atoms with van der Waals surface area (Å²) in [4.78, 5) is 10.7. The zero-order chi connectivity index (χ0) is 11.1. The molecule has 0 radical (unpaired) electrons. The first-order valence-corrected chi connectivity index (χ1v) is 5.77. The van der Waals surface area contributed by atoms with Gasteiger partial charge in [0.1, 0.15) is 5.78 Å². The minimum absolute atomic E-state index is 0.266. The van der Waals surface area contributed by atoms with Crippen LogP contribution in [-0.4, -0.2) is 18.4 Å². The summed E-state index contributed by atoms with van der Waals surface area (Å²) < 4.78 is 1.18. The molecule has 14 heavy (non-hydrogen) atoms. The topological polar surface area (TPSA) is 29.1 Å². The van der Waals surface area contributed by atoms with E-state index in [1.807, 2.05) is 6.92 Å². The van der Waals surface area contributed by atoms with Crippen molar-refractivity contribution < 1.29 is 4.79 Å². The summed E-state index contributed by atoms with van der Waals surface area (Å²) in [5.74, 6) is 0.266. The molecule has 3 heteroatoms. The zero-order valence-electron chi connectivity index (χ0n) is 9.48. The summed E-state index contributed by atoms with van der Waals surface area (Å²) in [6.07, 6.45) is 1.59. The molecule has 1 atom stereocenters. The lowest BCUT2D eigenvalue weighted by Gasteiger charge is -2.13. The van der Waals surface area contributed by atoms with E-state index in [-0.39, 0.29) is 5.78 Å². The van der Waals surface area contributed by atoms with Crippen LogP contribution in [0.4, 0.5) is 0 Å². The molecule has 0 amide bonds. The molecule has 0 aromatic heterocycles. The molecule has 0 saturated heterocycles. The first-order chi connectivity index (χ1) is 6.43. The van der Waals surface area contributed by atoms with Gasteiger partial charge in [0.15, 0.2) is 0 Å². The largest absolute Gasteiger partial charge is 0.310 e. The molecular weight excluding hydrogens is 242 g/mol. The SMILES string of the molecule is CC(=O)CCC(C)NC/C(C)=C(/C)Br. The monoisotopic (exact) mass is 261 g/mol. The standard InChI is InChI=1S/C11H20BrNO/c1-8(11(4)12)7-13-9(2)5-6-10(3)14/h9,13H,5-7H2,1-4H3/b11-8-. The van der Waals surface area contributed by atoms with E-state index >= 15 is 0 Å². The van der Waals surface area contributed by atoms with E-state index in [9.17, 15) is 4.79 Å². The molecule has 0 aromatic rings. The number of allylic oxidation sites excluding steroid dienone is 1. The van der Waals surface area contributed by atoms with Gasteiger partial charge in [-0.3, -0.25) is 0 Å². The number of carbonyl (C=O) groups excluding carboxylic acids is 1. The van der Waals surface area contributed by atoms with Crippen LogP contribution in [0.1, 0.15) is 40.5 Å². The maximum absolute atomic E-state index is 10.7. The smallest absolute Gasteiger partial charge is 0.129 e. The molecule has 0 spiro atoms. The Morgan fingerprint density at radius 2 is 1.93 bits per heavy atom. The van der Waals surface area contributed by atoms with Crippen LogP contribution in [0.2, 0.25) is 0 Å². The second-order valence-corrected chi connectivity index (χ2v) is 5.03. The van der Waals surface area contributed by atoms with E-state index in [0.29, 0.717) is 12.5 Å². The molecule has 82 valence electrons. The van der Waals surface area contributed by atoms with Crippen molar-refractivity contribution in [2.45, 2.75) is 46.6 Å². The van der Waals surface area contributed by atoms with Crippen LogP contribution in [0, 0.1) is 0 Å². The average molecular weight is 262 g/mol. The fourth-order valence-electron chi connectivity index (χ4n) is 0.971. The molecule has 0 bridgehead atoms. The summed E-state index contributed by atoms with van der Waals surface area (Å²) in [6.45, 7) is 8.77. The Labute approximate surface area is 95.3 Å². The van der Waals surface area contributed by atoms with Crippen molar-refractivity contribution >= 4 is 21.7 Å². The van der Waals surface area contributed by atoms with Gasteiger partial charge >= 0.3 is 0 Å². The molecule has 1 N–H and O–H groups in total. The predicted octanol–water partition coefficient (Wildman–Crippen LogP) is 3.02. The van der Waals surface area contributed by atoms with Crippen LogP contribution in [0.3, 0.4) is 0 Å². The maximum Gasteiger partial charge on any atom is 0.129 e. The second-order valence-electron chi connectivity index (χ2n) is 3.84. The molecule has 0 aliphatic heterocycles. The van der Waals surface area contributed by atoms with Gasteiger partial charge in [0.05, 0.1) is 0 Å². The molecule has 1 unspecified atom stereocenters. The molecule has 2 nitrogen and oxygen atoms in total. The first kappa shape index (κ1) is 13.8. The summed E-state index contributed by atoms with van der Waals surface area (Å²) in [5, 5.41) is 3.38. The van der Waals surface area contributed by atoms with Crippen LogP contribution >= 0.6 is 15.9 Å². The van der Waals surface area contributed by atoms with Crippen LogP contribution in [-0.2, 0) is 4.79 Å². The quantitative estimate of drug-likeness (QED) is 0.797. The molecule has 0 rings (SSSR count). The van der Waals surface area contributed by atoms with Gasteiger partial charge in [-0.05, 0) is 44.2 Å². The number of Topliss-reactive ketones (excluding diaryl/α,β-unsaturated/α-hetero) is 1. The van der Waals surface area contributed by atoms with E-state index < -0.39 is 0 Å². The van der Waals surface area contributed by atoms with Crippen LogP contribution in [0.25, 0.3) is 0 Å². The number of hydrogen-bond acceptors (Lipinski definition) is 2. The lowest BCUT2D eigenvalue weighted by atomic mass is 10.1. The second kappa shape index (κ2) is 7.18. The Bertz CT molecular complexity index is 219. The minimum Gasteiger partial charge on any atom is -0.310 e. The normalized spacial score (nSPS) is 14.9. The van der Waals surface area contributed by atoms with Gasteiger partial charge in [-0.2, -0.15) is 0 Å². The van der Waals surface area contributed by atoms with Gasteiger partial charge in [0.2, 0.25) is 0 Å². The number of halogens is 1. The highest BCUT2D eigenvalue weighted by atomic mass is 79.9. The predicted molar refractivity (Wildman–Crippen MR) is 64.7 cm³/mol. The lowest BCUT2D eigenvalue weighted by Crippen LogP contribution is -2.28. The lowest BCUT2D eigenvalue weighted by molar-refractivity contribution is -0.117. The summed E-state index contributed by atoms with van der Waals surface area (Å²) in [7, 11) is 0. The molecule has 0 saturated carbocycles. The zero-order valence-corrected chi connectivity index (χ0v) is 11.1. The van der Waals surface area contributed by atoms with E-state index in [0.717, 1.165) is 13.0 Å². The van der Waals surface area contributed by atoms with Gasteiger partial charge in [0.25, 0.3) is 0 Å². The Kier molecular flexibility index (Phi) is 7.11. The van der Waals surface area contributed by atoms with Crippen molar-refractivity contribution in [2.75, 3.05) is 6.54 Å². The Morgan fingerprint density at radius 3 is 2.36 bits per heavy atom. The van der Waals surface area contributed by atoms with Crippen molar-refractivity contribution in [3.05, 3.63) is 10.1 Å². The van der Waals surface area contributed by atoms with E-state index in [2.05, 4.69) is 35.1 Å². The molecule has 0 aliphatic rings. The van der Waals surface area contributed by atoms with Crippen molar-refractivity contribution in [1.82, 2.24) is 5.32 Å². The van der Waals surface area contributed by atoms with Crippen LogP contribution in [0.15, 0.2) is 10.1 Å². The number of carbonyl (C=O) groups is 1. The third-order valence-corrected chi connectivity index (χ3v) is 2.91. The summed E-state index contributed by atoms with van der Waals surface area (Å²) in [6, 6.07) is 0.403.